The number of carbonyl (C=O) groups is 1. The average Bonchev–Trinajstić information content (AvgIpc) is 2.76. The van der Waals surface area contributed by atoms with E-state index in [9.17, 15) is 14.3 Å². The molecule has 1 N–H and O–H groups in total. The minimum absolute atomic E-state index is 0.134. The highest BCUT2D eigenvalue weighted by molar-refractivity contribution is 5.82. The second-order valence-electron chi connectivity index (χ2n) is 6.25. The topological polar surface area (TPSA) is 63.3 Å². The highest BCUT2D eigenvalue weighted by Crippen LogP contribution is 2.47. The molecule has 0 saturated heterocycles. The third kappa shape index (κ3) is 2.25. The van der Waals surface area contributed by atoms with Crippen molar-refractivity contribution in [1.82, 2.24) is 5.16 Å². The summed E-state index contributed by atoms with van der Waals surface area (Å²) in [5, 5.41) is 14.8. The maximum absolute atomic E-state index is 13.7. The van der Waals surface area contributed by atoms with Crippen LogP contribution in [-0.4, -0.2) is 21.6 Å². The number of aryl methyl sites for hydroxylation is 1. The summed E-state index contributed by atoms with van der Waals surface area (Å²) >= 11 is 0. The first-order valence-corrected chi connectivity index (χ1v) is 7.24. The van der Waals surface area contributed by atoms with E-state index in [2.05, 4.69) is 5.16 Å². The number of ketones is 1. The molecule has 0 saturated carbocycles. The molecule has 0 aliphatic heterocycles. The molecular weight excluding hydrogens is 285 g/mol. The van der Waals surface area contributed by atoms with Crippen molar-refractivity contribution >= 4 is 5.78 Å². The lowest BCUT2D eigenvalue weighted by Crippen LogP contribution is -2.48. The zero-order chi connectivity index (χ0) is 16.1. The molecule has 0 bridgehead atoms. The summed E-state index contributed by atoms with van der Waals surface area (Å²) in [7, 11) is 0. The van der Waals surface area contributed by atoms with Gasteiger partial charge < -0.3 is 9.63 Å². The normalized spacial score (nSPS) is 27.5. The van der Waals surface area contributed by atoms with Gasteiger partial charge in [0.25, 0.3) is 0 Å². The highest BCUT2D eigenvalue weighted by Gasteiger charge is 2.49. The van der Waals surface area contributed by atoms with E-state index in [0.717, 1.165) is 5.56 Å². The Morgan fingerprint density at radius 1 is 1.50 bits per heavy atom. The first kappa shape index (κ1) is 14.9. The Hall–Kier alpha value is -2.01. The molecule has 1 aromatic heterocycles. The molecule has 3 atom stereocenters. The van der Waals surface area contributed by atoms with Crippen molar-refractivity contribution < 1.29 is 18.8 Å². The van der Waals surface area contributed by atoms with Crippen LogP contribution in [0.4, 0.5) is 4.39 Å². The highest BCUT2D eigenvalue weighted by atomic mass is 19.1. The van der Waals surface area contributed by atoms with Gasteiger partial charge in [0, 0.05) is 17.9 Å². The number of halogens is 1. The lowest BCUT2D eigenvalue weighted by atomic mass is 9.64. The van der Waals surface area contributed by atoms with E-state index in [0.29, 0.717) is 17.0 Å². The lowest BCUT2D eigenvalue weighted by Gasteiger charge is -2.40. The van der Waals surface area contributed by atoms with Crippen molar-refractivity contribution in [1.29, 1.82) is 0 Å². The third-order valence-electron chi connectivity index (χ3n) is 4.47. The molecule has 0 fully saturated rings. The van der Waals surface area contributed by atoms with Crippen LogP contribution in [0, 0.1) is 18.7 Å². The van der Waals surface area contributed by atoms with Crippen molar-refractivity contribution in [2.24, 2.45) is 5.92 Å². The first-order chi connectivity index (χ1) is 10.3. The second-order valence-corrected chi connectivity index (χ2v) is 6.25. The van der Waals surface area contributed by atoms with E-state index in [1.165, 1.54) is 19.1 Å². The number of rotatable bonds is 2. The number of benzene rings is 1. The van der Waals surface area contributed by atoms with Crippen molar-refractivity contribution in [3.63, 3.8) is 0 Å². The number of aliphatic hydroxyl groups is 1. The van der Waals surface area contributed by atoms with E-state index < -0.39 is 17.4 Å². The fourth-order valence-corrected chi connectivity index (χ4v) is 3.66. The Labute approximate surface area is 127 Å². The fourth-order valence-electron chi connectivity index (χ4n) is 3.66. The van der Waals surface area contributed by atoms with Crippen LogP contribution in [0.15, 0.2) is 28.8 Å². The average molecular weight is 303 g/mol. The monoisotopic (exact) mass is 303 g/mol. The van der Waals surface area contributed by atoms with Gasteiger partial charge in [-0.25, -0.2) is 4.39 Å². The number of carbonyl (C=O) groups excluding carboxylic acids is 1. The molecule has 0 radical (unpaired) electrons. The molecule has 1 aliphatic carbocycles. The van der Waals surface area contributed by atoms with Crippen LogP contribution in [0.1, 0.15) is 42.3 Å². The molecule has 0 amide bonds. The molecule has 1 heterocycles. The largest absolute Gasteiger partial charge is 0.389 e. The van der Waals surface area contributed by atoms with Crippen LogP contribution in [-0.2, 0) is 11.2 Å². The summed E-state index contributed by atoms with van der Waals surface area (Å²) in [4.78, 5) is 12.2. The lowest BCUT2D eigenvalue weighted by molar-refractivity contribution is -0.130. The van der Waals surface area contributed by atoms with Gasteiger partial charge in [-0.2, -0.15) is 0 Å². The third-order valence-corrected chi connectivity index (χ3v) is 4.47. The maximum Gasteiger partial charge on any atom is 0.137 e. The molecule has 5 heteroatoms. The zero-order valence-electron chi connectivity index (χ0n) is 12.8. The fraction of sp³-hybridized carbons (Fsp3) is 0.412. The van der Waals surface area contributed by atoms with Gasteiger partial charge >= 0.3 is 0 Å². The van der Waals surface area contributed by atoms with Crippen LogP contribution in [0.25, 0.3) is 0 Å². The summed E-state index contributed by atoms with van der Waals surface area (Å²) in [6, 6.07) is 6.13. The zero-order valence-corrected chi connectivity index (χ0v) is 12.8. The second kappa shape index (κ2) is 5.02. The summed E-state index contributed by atoms with van der Waals surface area (Å²) in [6.45, 7) is 4.85. The number of nitrogens with zero attached hydrogens (tertiary/aromatic N) is 1. The Balaban J connectivity index is 2.25. The van der Waals surface area contributed by atoms with Crippen LogP contribution < -0.4 is 0 Å². The van der Waals surface area contributed by atoms with Gasteiger partial charge in [0.2, 0.25) is 0 Å². The van der Waals surface area contributed by atoms with Crippen LogP contribution in [0.2, 0.25) is 0 Å². The summed E-state index contributed by atoms with van der Waals surface area (Å²) < 4.78 is 18.9. The Morgan fingerprint density at radius 2 is 2.23 bits per heavy atom. The van der Waals surface area contributed by atoms with E-state index >= 15 is 0 Å². The maximum atomic E-state index is 13.7. The van der Waals surface area contributed by atoms with Crippen molar-refractivity contribution in [3.8, 4) is 0 Å². The standard InChI is InChI=1S/C17H18FNO3/c1-9(20)16-15(11-5-4-6-12(18)7-11)14-10(2)22-19-13(14)8-17(16,3)21/h4-7,15-16,21H,8H2,1-3H3/t15-,16+,17+/m0/s1. The molecule has 2 aromatic rings. The quantitative estimate of drug-likeness (QED) is 0.926. The minimum Gasteiger partial charge on any atom is -0.389 e. The number of fused-ring (bicyclic) bond motifs is 1. The molecule has 1 aliphatic rings. The number of hydrogen-bond acceptors (Lipinski definition) is 4. The predicted molar refractivity (Wildman–Crippen MR) is 78.0 cm³/mol. The summed E-state index contributed by atoms with van der Waals surface area (Å²) in [5.41, 5.74) is 0.818. The molecule has 4 nitrogen and oxygen atoms in total. The first-order valence-electron chi connectivity index (χ1n) is 7.24. The summed E-state index contributed by atoms with van der Waals surface area (Å²) in [5.74, 6) is -1.03. The molecule has 0 unspecified atom stereocenters. The number of hydrogen-bond donors (Lipinski definition) is 1. The minimum atomic E-state index is -1.25. The molecule has 22 heavy (non-hydrogen) atoms. The van der Waals surface area contributed by atoms with Gasteiger partial charge in [-0.15, -0.1) is 0 Å². The SMILES string of the molecule is CC(=O)[C@@H]1[C@@H](c2cccc(F)c2)c2c(noc2C)C[C@@]1(C)O. The summed E-state index contributed by atoms with van der Waals surface area (Å²) in [6.07, 6.45) is 0.246. The van der Waals surface area contributed by atoms with Gasteiger partial charge in [-0.3, -0.25) is 4.79 Å². The van der Waals surface area contributed by atoms with E-state index in [1.807, 2.05) is 0 Å². The van der Waals surface area contributed by atoms with Gasteiger partial charge in [0.05, 0.1) is 17.2 Å². The van der Waals surface area contributed by atoms with E-state index in [4.69, 9.17) is 4.52 Å². The Morgan fingerprint density at radius 3 is 2.86 bits per heavy atom. The van der Waals surface area contributed by atoms with Crippen LogP contribution in [0.5, 0.6) is 0 Å². The Kier molecular flexibility index (Phi) is 3.40. The van der Waals surface area contributed by atoms with Gasteiger partial charge in [-0.05, 0) is 38.5 Å². The van der Waals surface area contributed by atoms with Crippen molar-refractivity contribution in [2.45, 2.75) is 38.7 Å². The van der Waals surface area contributed by atoms with Gasteiger partial charge in [-0.1, -0.05) is 17.3 Å². The molecule has 1 aromatic carbocycles. The number of Topliss-reactive ketones (excluding diaryl/α,β-unsaturated/α-hetero) is 1. The predicted octanol–water partition coefficient (Wildman–Crippen LogP) is 2.77. The molecule has 3 rings (SSSR count). The molecular formula is C17H18FNO3. The van der Waals surface area contributed by atoms with Crippen LogP contribution >= 0.6 is 0 Å². The van der Waals surface area contributed by atoms with Gasteiger partial charge in [0.15, 0.2) is 0 Å². The molecule has 0 spiro atoms. The molecule has 116 valence electrons. The van der Waals surface area contributed by atoms with E-state index in [1.54, 1.807) is 26.0 Å². The van der Waals surface area contributed by atoms with E-state index in [-0.39, 0.29) is 18.0 Å². The Bertz CT molecular complexity index is 735. The van der Waals surface area contributed by atoms with Crippen LogP contribution in [0.3, 0.4) is 0 Å². The van der Waals surface area contributed by atoms with Crippen molar-refractivity contribution in [2.75, 3.05) is 0 Å². The van der Waals surface area contributed by atoms with Gasteiger partial charge in [0.1, 0.15) is 17.4 Å². The smallest absolute Gasteiger partial charge is 0.137 e. The van der Waals surface area contributed by atoms with Crippen molar-refractivity contribution in [3.05, 3.63) is 52.7 Å². The number of aromatic nitrogens is 1.